The first-order valence-electron chi connectivity index (χ1n) is 32.5. The molecule has 0 aliphatic heterocycles. The molecule has 0 saturated carbocycles. The third-order valence-corrected chi connectivity index (χ3v) is 18.7. The second-order valence-electron chi connectivity index (χ2n) is 24.4. The summed E-state index contributed by atoms with van der Waals surface area (Å²) in [5.74, 6) is 1.35. The number of nitrogens with zero attached hydrogens (tertiary/aromatic N) is 8. The molecule has 98 heavy (non-hydrogen) atoms. The summed E-state index contributed by atoms with van der Waals surface area (Å²) in [6, 6.07) is 120. The van der Waals surface area contributed by atoms with Gasteiger partial charge in [0, 0.05) is 49.4 Å². The van der Waals surface area contributed by atoms with Crippen LogP contribution < -0.4 is 0 Å². The maximum atomic E-state index is 10.1. The second-order valence-corrected chi connectivity index (χ2v) is 24.4. The Hall–Kier alpha value is -13.8. The molecule has 8 heteroatoms. The molecule has 0 amide bonds. The Morgan fingerprint density at radius 1 is 0.214 bits per heavy atom. The largest absolute Gasteiger partial charge is 0.309 e. The molecule has 0 fully saturated rings. The number of fused-ring (bicyclic) bond motifs is 6. The summed E-state index contributed by atoms with van der Waals surface area (Å²) in [5.41, 5.74) is 24.3. The van der Waals surface area contributed by atoms with Crippen LogP contribution in [0.1, 0.15) is 16.7 Å². The Labute approximate surface area is 566 Å². The van der Waals surface area contributed by atoms with E-state index in [2.05, 4.69) is 234 Å². The van der Waals surface area contributed by atoms with Gasteiger partial charge in [0.1, 0.15) is 0 Å². The lowest BCUT2D eigenvalue weighted by molar-refractivity contribution is 1.07. The van der Waals surface area contributed by atoms with E-state index in [4.69, 9.17) is 15.0 Å². The van der Waals surface area contributed by atoms with Crippen LogP contribution in [0.5, 0.6) is 0 Å². The molecule has 0 saturated heterocycles. The van der Waals surface area contributed by atoms with Crippen LogP contribution in [0.3, 0.4) is 0 Å². The summed E-state index contributed by atoms with van der Waals surface area (Å²) in [7, 11) is 0. The summed E-state index contributed by atoms with van der Waals surface area (Å²) in [6.45, 7) is 0. The number of hydrogen-bond acceptors (Lipinski definition) is 6. The van der Waals surface area contributed by atoms with Gasteiger partial charge in [-0.2, -0.15) is 15.8 Å². The molecule has 8 nitrogen and oxygen atoms in total. The van der Waals surface area contributed by atoms with E-state index in [9.17, 15) is 15.8 Å². The summed E-state index contributed by atoms with van der Waals surface area (Å²) in [5, 5.41) is 34.8. The molecule has 17 aromatic rings. The predicted octanol–water partition coefficient (Wildman–Crippen LogP) is 22.4. The zero-order valence-corrected chi connectivity index (χ0v) is 52.8. The van der Waals surface area contributed by atoms with E-state index in [1.807, 2.05) is 121 Å². The van der Waals surface area contributed by atoms with E-state index in [0.29, 0.717) is 34.2 Å². The van der Waals surface area contributed by atoms with E-state index in [1.54, 1.807) is 0 Å². The van der Waals surface area contributed by atoms with Crippen LogP contribution in [-0.4, -0.2) is 24.1 Å². The maximum absolute atomic E-state index is 10.1. The highest BCUT2D eigenvalue weighted by Gasteiger charge is 2.24. The van der Waals surface area contributed by atoms with Crippen molar-refractivity contribution >= 4 is 43.6 Å². The highest BCUT2D eigenvalue weighted by molar-refractivity contribution is 6.14. The van der Waals surface area contributed by atoms with Crippen LogP contribution in [0.2, 0.25) is 0 Å². The number of nitriles is 3. The third-order valence-electron chi connectivity index (χ3n) is 18.7. The topological polar surface area (TPSA) is 120 Å². The molecule has 14 aromatic carbocycles. The minimum Gasteiger partial charge on any atom is -0.309 e. The zero-order valence-electron chi connectivity index (χ0n) is 52.8. The first kappa shape index (κ1) is 58.0. The average Bonchev–Trinajstić information content (AvgIpc) is 1.52. The van der Waals surface area contributed by atoms with Gasteiger partial charge in [0.25, 0.3) is 0 Å². The van der Waals surface area contributed by atoms with Crippen molar-refractivity contribution in [1.82, 2.24) is 24.1 Å². The van der Waals surface area contributed by atoms with E-state index in [0.717, 1.165) is 150 Å². The molecule has 0 radical (unpaired) electrons. The molecule has 0 atom stereocenters. The average molecular weight is 1250 g/mol. The maximum Gasteiger partial charge on any atom is 0.164 e. The molecule has 17 rings (SSSR count). The van der Waals surface area contributed by atoms with Gasteiger partial charge >= 0.3 is 0 Å². The van der Waals surface area contributed by atoms with Gasteiger partial charge in [-0.25, -0.2) is 15.0 Å². The van der Waals surface area contributed by atoms with Crippen LogP contribution in [-0.2, 0) is 0 Å². The van der Waals surface area contributed by atoms with Gasteiger partial charge < -0.3 is 9.13 Å². The first-order chi connectivity index (χ1) is 48.4. The van der Waals surface area contributed by atoms with E-state index in [1.165, 1.54) is 0 Å². The van der Waals surface area contributed by atoms with Crippen molar-refractivity contribution in [3.63, 3.8) is 0 Å². The lowest BCUT2D eigenvalue weighted by atomic mass is 9.98. The molecule has 454 valence electrons. The van der Waals surface area contributed by atoms with E-state index >= 15 is 0 Å². The fourth-order valence-corrected chi connectivity index (χ4v) is 13.9. The molecule has 0 N–H and O–H groups in total. The Morgan fingerprint density at radius 3 is 0.847 bits per heavy atom. The number of hydrogen-bond donors (Lipinski definition) is 0. The van der Waals surface area contributed by atoms with Gasteiger partial charge in [-0.15, -0.1) is 0 Å². The third kappa shape index (κ3) is 10.5. The smallest absolute Gasteiger partial charge is 0.164 e. The first-order valence-corrected chi connectivity index (χ1v) is 32.5. The molecule has 0 unspecified atom stereocenters. The minimum absolute atomic E-state index is 0.447. The van der Waals surface area contributed by atoms with E-state index in [-0.39, 0.29) is 0 Å². The van der Waals surface area contributed by atoms with Crippen molar-refractivity contribution < 1.29 is 0 Å². The molecular weight excluding hydrogens is 1190 g/mol. The predicted molar refractivity (Wildman–Crippen MR) is 397 cm³/mol. The lowest BCUT2D eigenvalue weighted by Crippen LogP contribution is -2.03. The van der Waals surface area contributed by atoms with Crippen molar-refractivity contribution in [2.45, 2.75) is 0 Å². The lowest BCUT2D eigenvalue weighted by Gasteiger charge is -2.17. The normalized spacial score (nSPS) is 11.2. The fourth-order valence-electron chi connectivity index (χ4n) is 13.9. The molecular formula is C90H54N8. The minimum atomic E-state index is 0.447. The van der Waals surface area contributed by atoms with Crippen LogP contribution in [0.4, 0.5) is 0 Å². The quantitative estimate of drug-likeness (QED) is 0.120. The summed E-state index contributed by atoms with van der Waals surface area (Å²) in [6.07, 6.45) is 0. The number of aromatic nitrogens is 5. The molecule has 0 aliphatic carbocycles. The molecule has 0 spiro atoms. The molecule has 0 aliphatic rings. The fraction of sp³-hybridized carbons (Fsp3) is 0. The highest BCUT2D eigenvalue weighted by atomic mass is 15.0. The molecule has 3 heterocycles. The zero-order chi connectivity index (χ0) is 65.6. The standard InChI is InChI=1S/C90H54N8/c91-55-58-25-29-65(30-26-58)76-53-72(41-47-82(76)97-84-43-37-68(60-15-5-1-6-16-60)49-78(84)79-50-69(38-44-85(79)97)61-17-7-2-8-18-61)89-94-88(67-35-33-64(34-36-67)75-24-14-13-23-74(75)57-93)95-90(96-89)73-42-48-83(77(54-73)66-31-27-59(56-92)28-32-66)98-86-45-39-70(62-19-9-3-10-20-62)51-80(86)81-52-71(40-46-87(81)98)63-21-11-4-12-22-63/h1-54H. The van der Waals surface area contributed by atoms with Gasteiger partial charge in [0.2, 0.25) is 0 Å². The van der Waals surface area contributed by atoms with Crippen molar-refractivity contribution in [1.29, 1.82) is 15.8 Å². The van der Waals surface area contributed by atoms with Gasteiger partial charge in [-0.05, 0) is 182 Å². The Bertz CT molecular complexity index is 5580. The Kier molecular flexibility index (Phi) is 14.5. The Balaban J connectivity index is 0.879. The van der Waals surface area contributed by atoms with Gasteiger partial charge in [-0.1, -0.05) is 212 Å². The van der Waals surface area contributed by atoms with E-state index < -0.39 is 0 Å². The number of benzene rings is 14. The van der Waals surface area contributed by atoms with Crippen molar-refractivity contribution in [3.05, 3.63) is 344 Å². The van der Waals surface area contributed by atoms with Gasteiger partial charge in [0.05, 0.1) is 68.3 Å². The van der Waals surface area contributed by atoms with Gasteiger partial charge in [-0.3, -0.25) is 0 Å². The summed E-state index contributed by atoms with van der Waals surface area (Å²) < 4.78 is 4.71. The van der Waals surface area contributed by atoms with Gasteiger partial charge in [0.15, 0.2) is 17.5 Å². The van der Waals surface area contributed by atoms with Crippen LogP contribution in [0, 0.1) is 34.0 Å². The highest BCUT2D eigenvalue weighted by Crippen LogP contribution is 2.44. The Morgan fingerprint density at radius 2 is 0.500 bits per heavy atom. The van der Waals surface area contributed by atoms with Crippen molar-refractivity contribution in [2.24, 2.45) is 0 Å². The summed E-state index contributed by atoms with van der Waals surface area (Å²) in [4.78, 5) is 16.3. The summed E-state index contributed by atoms with van der Waals surface area (Å²) >= 11 is 0. The van der Waals surface area contributed by atoms with Crippen LogP contribution >= 0.6 is 0 Å². The van der Waals surface area contributed by atoms with Crippen molar-refractivity contribution in [3.8, 4) is 142 Å². The van der Waals surface area contributed by atoms with Crippen LogP contribution in [0.15, 0.2) is 328 Å². The van der Waals surface area contributed by atoms with Crippen LogP contribution in [0.25, 0.3) is 167 Å². The second kappa shape index (κ2) is 24.6. The SMILES string of the molecule is N#Cc1ccc(-c2cc(-c3nc(-c4ccc(-c5ccccc5C#N)cc4)nc(-c4ccc(-n5c6ccc(-c7ccccc7)cc6c6cc(-c7ccccc7)ccc65)c(-c5ccc(C#N)cc5)c4)n3)ccc2-n2c3ccc(-c4ccccc4)cc3c3cc(-c4ccccc4)ccc32)cc1. The molecule has 0 bridgehead atoms. The van der Waals surface area contributed by atoms with Crippen molar-refractivity contribution in [2.75, 3.05) is 0 Å². The number of rotatable bonds is 12. The monoisotopic (exact) mass is 1250 g/mol. The molecule has 3 aromatic heterocycles.